The lowest BCUT2D eigenvalue weighted by atomic mass is 10.0. The highest BCUT2D eigenvalue weighted by Crippen LogP contribution is 2.27. The fourth-order valence-corrected chi connectivity index (χ4v) is 3.67. The van der Waals surface area contributed by atoms with E-state index >= 15 is 0 Å². The molecule has 3 N–H and O–H groups in total. The largest absolute Gasteiger partial charge is 0.383 e. The van der Waals surface area contributed by atoms with E-state index in [1.54, 1.807) is 17.8 Å². The third-order valence-electron chi connectivity index (χ3n) is 5.20. The van der Waals surface area contributed by atoms with E-state index < -0.39 is 5.60 Å². The van der Waals surface area contributed by atoms with Crippen molar-refractivity contribution in [3.05, 3.63) is 52.8 Å². The predicted octanol–water partition coefficient (Wildman–Crippen LogP) is 3.54. The van der Waals surface area contributed by atoms with Crippen molar-refractivity contribution in [2.75, 3.05) is 32.7 Å². The highest BCUT2D eigenvalue weighted by molar-refractivity contribution is 14.0. The van der Waals surface area contributed by atoms with E-state index in [9.17, 15) is 5.11 Å². The number of likely N-dealkylation sites (N-methyl/N-ethyl adjacent to an activating group) is 1. The second-order valence-corrected chi connectivity index (χ2v) is 7.92. The number of nitrogens with zero attached hydrogens (tertiary/aromatic N) is 4. The average Bonchev–Trinajstić information content (AvgIpc) is 3.17. The maximum absolute atomic E-state index is 10.8. The molecule has 0 aliphatic rings. The van der Waals surface area contributed by atoms with Gasteiger partial charge in [0.25, 0.3) is 0 Å². The Labute approximate surface area is 208 Å². The maximum atomic E-state index is 10.8. The molecule has 0 saturated heterocycles. The molecule has 0 radical (unpaired) electrons. The topological polar surface area (TPSA) is 77.7 Å². The molecule has 0 aliphatic heterocycles. The monoisotopic (exact) mass is 562 g/mol. The quantitative estimate of drug-likeness (QED) is 0.235. The number of benzene rings is 1. The van der Waals surface area contributed by atoms with Crippen molar-refractivity contribution >= 4 is 41.5 Å². The van der Waals surface area contributed by atoms with Crippen LogP contribution in [0.3, 0.4) is 0 Å². The third kappa shape index (κ3) is 7.93. The highest BCUT2D eigenvalue weighted by atomic mass is 127. The number of aliphatic imine (C=N–C) groups is 1. The Balaban J connectivity index is 0.00000480. The summed E-state index contributed by atoms with van der Waals surface area (Å²) in [5.41, 5.74) is 0.729. The number of aliphatic hydroxyl groups is 1. The highest BCUT2D eigenvalue weighted by Gasteiger charge is 2.25. The minimum atomic E-state index is -1.10. The van der Waals surface area contributed by atoms with E-state index in [4.69, 9.17) is 11.6 Å². The van der Waals surface area contributed by atoms with Crippen molar-refractivity contribution in [2.45, 2.75) is 39.3 Å². The molecular weight excluding hydrogens is 527 g/mol. The van der Waals surface area contributed by atoms with Crippen molar-refractivity contribution in [3.63, 3.8) is 0 Å². The summed E-state index contributed by atoms with van der Waals surface area (Å²) in [6.07, 6.45) is 3.48. The van der Waals surface area contributed by atoms with Gasteiger partial charge in [-0.25, -0.2) is 4.99 Å². The Morgan fingerprint density at radius 3 is 2.48 bits per heavy atom. The first-order valence-corrected chi connectivity index (χ1v) is 10.9. The van der Waals surface area contributed by atoms with Gasteiger partial charge in [0.05, 0.1) is 18.8 Å². The zero-order valence-electron chi connectivity index (χ0n) is 19.1. The van der Waals surface area contributed by atoms with Crippen LogP contribution in [-0.2, 0) is 12.6 Å². The fraction of sp³-hybridized carbons (Fsp3) is 0.545. The van der Waals surface area contributed by atoms with Crippen LogP contribution in [0.5, 0.6) is 0 Å². The Bertz CT molecular complexity index is 822. The molecule has 0 fully saturated rings. The van der Waals surface area contributed by atoms with Gasteiger partial charge in [-0.1, -0.05) is 43.6 Å². The van der Waals surface area contributed by atoms with Gasteiger partial charge in [0.1, 0.15) is 5.60 Å². The minimum Gasteiger partial charge on any atom is -0.383 e. The number of hydrogen-bond acceptors (Lipinski definition) is 4. The van der Waals surface area contributed by atoms with Crippen LogP contribution in [0.1, 0.15) is 44.9 Å². The smallest absolute Gasteiger partial charge is 0.191 e. The molecule has 2 rings (SSSR count). The lowest BCUT2D eigenvalue weighted by Crippen LogP contribution is -2.44. The Hall–Kier alpha value is -1.36. The number of halogens is 2. The van der Waals surface area contributed by atoms with Crippen LogP contribution in [0.15, 0.2) is 41.7 Å². The first-order chi connectivity index (χ1) is 14.3. The van der Waals surface area contributed by atoms with Gasteiger partial charge in [-0.15, -0.1) is 24.0 Å². The van der Waals surface area contributed by atoms with Crippen molar-refractivity contribution < 1.29 is 5.11 Å². The molecule has 1 heterocycles. The zero-order chi connectivity index (χ0) is 22.1. The summed E-state index contributed by atoms with van der Waals surface area (Å²) >= 11 is 6.50. The fourth-order valence-electron chi connectivity index (χ4n) is 3.40. The molecule has 31 heavy (non-hydrogen) atoms. The van der Waals surface area contributed by atoms with Gasteiger partial charge in [0.2, 0.25) is 0 Å². The number of rotatable bonds is 10. The Morgan fingerprint density at radius 1 is 1.26 bits per heavy atom. The summed E-state index contributed by atoms with van der Waals surface area (Å²) < 4.78 is 1.68. The number of nitrogens with one attached hydrogen (secondary N) is 2. The van der Waals surface area contributed by atoms with E-state index in [-0.39, 0.29) is 36.6 Å². The van der Waals surface area contributed by atoms with Crippen LogP contribution in [0.25, 0.3) is 0 Å². The van der Waals surface area contributed by atoms with Crippen molar-refractivity contribution in [1.29, 1.82) is 0 Å². The first kappa shape index (κ1) is 27.7. The van der Waals surface area contributed by atoms with Gasteiger partial charge >= 0.3 is 0 Å². The molecular formula is C22H36ClIN6O. The minimum absolute atomic E-state index is 0. The molecule has 1 aromatic carbocycles. The van der Waals surface area contributed by atoms with Gasteiger partial charge in [0.15, 0.2) is 5.96 Å². The first-order valence-electron chi connectivity index (χ1n) is 10.5. The summed E-state index contributed by atoms with van der Waals surface area (Å²) in [5.74, 6) is 0.658. The van der Waals surface area contributed by atoms with Crippen molar-refractivity contribution in [3.8, 4) is 0 Å². The summed E-state index contributed by atoms with van der Waals surface area (Å²) in [6, 6.07) is 8.07. The van der Waals surface area contributed by atoms with Crippen LogP contribution >= 0.6 is 35.6 Å². The molecule has 9 heteroatoms. The Morgan fingerprint density at radius 2 is 1.94 bits per heavy atom. The molecule has 0 bridgehead atoms. The van der Waals surface area contributed by atoms with Gasteiger partial charge in [-0.2, -0.15) is 5.10 Å². The van der Waals surface area contributed by atoms with E-state index in [0.29, 0.717) is 12.5 Å². The van der Waals surface area contributed by atoms with Gasteiger partial charge in [0, 0.05) is 36.9 Å². The average molecular weight is 563 g/mol. The van der Waals surface area contributed by atoms with E-state index in [1.165, 1.54) is 0 Å². The molecule has 0 spiro atoms. The molecule has 0 amide bonds. The van der Waals surface area contributed by atoms with Crippen LogP contribution in [0.2, 0.25) is 5.02 Å². The van der Waals surface area contributed by atoms with Crippen LogP contribution in [0, 0.1) is 0 Å². The summed E-state index contributed by atoms with van der Waals surface area (Å²) in [6.45, 7) is 11.5. The van der Waals surface area contributed by atoms with Gasteiger partial charge < -0.3 is 15.7 Å². The normalized spacial score (nSPS) is 14.6. The zero-order valence-corrected chi connectivity index (χ0v) is 22.2. The van der Waals surface area contributed by atoms with Gasteiger partial charge in [-0.3, -0.25) is 9.58 Å². The molecule has 0 saturated carbocycles. The molecule has 1 aromatic heterocycles. The molecule has 174 valence electrons. The Kier molecular flexibility index (Phi) is 11.8. The summed E-state index contributed by atoms with van der Waals surface area (Å²) in [5, 5.41) is 22.4. The van der Waals surface area contributed by atoms with Crippen molar-refractivity contribution in [1.82, 2.24) is 25.3 Å². The number of aryl methyl sites for hydroxylation is 1. The van der Waals surface area contributed by atoms with E-state index in [2.05, 4.69) is 45.5 Å². The summed E-state index contributed by atoms with van der Waals surface area (Å²) in [7, 11) is 1.83. The number of aromatic nitrogens is 2. The lowest BCUT2D eigenvalue weighted by molar-refractivity contribution is 0.0671. The maximum Gasteiger partial charge on any atom is 0.191 e. The van der Waals surface area contributed by atoms with Crippen molar-refractivity contribution in [2.24, 2.45) is 12.0 Å². The predicted molar refractivity (Wildman–Crippen MR) is 139 cm³/mol. The molecule has 7 nitrogen and oxygen atoms in total. The van der Waals surface area contributed by atoms with Gasteiger partial charge in [-0.05, 0) is 38.6 Å². The second kappa shape index (κ2) is 13.2. The SMILES string of the molecule is CCNC(=NCC(C)(O)c1cnn(C)c1)NCC(c1ccccc1Cl)N(CC)CC.I. The molecule has 0 aliphatic carbocycles. The van der Waals surface area contributed by atoms with E-state index in [1.807, 2.05) is 38.4 Å². The number of hydrogen-bond donors (Lipinski definition) is 3. The second-order valence-electron chi connectivity index (χ2n) is 7.51. The standard InChI is InChI=1S/C22H35ClN6O.HI/c1-6-24-21(26-16-22(4,30)17-13-27-28(5)15-17)25-14-20(29(7-2)8-3)18-11-9-10-12-19(18)23;/h9-13,15,20,30H,6-8,14,16H2,1-5H3,(H2,24,25,26);1H. The third-order valence-corrected chi connectivity index (χ3v) is 5.54. The molecule has 2 aromatic rings. The summed E-state index contributed by atoms with van der Waals surface area (Å²) in [4.78, 5) is 6.99. The van der Waals surface area contributed by atoms with Crippen LogP contribution in [0.4, 0.5) is 0 Å². The van der Waals surface area contributed by atoms with E-state index in [0.717, 1.165) is 35.8 Å². The molecule has 2 atom stereocenters. The van der Waals surface area contributed by atoms with Crippen LogP contribution in [-0.4, -0.2) is 58.5 Å². The number of guanidine groups is 1. The van der Waals surface area contributed by atoms with Crippen LogP contribution < -0.4 is 10.6 Å². The molecule has 2 unspecified atom stereocenters. The lowest BCUT2D eigenvalue weighted by Gasteiger charge is -2.31.